The average molecular weight is 633 g/mol. The fourth-order valence-electron chi connectivity index (χ4n) is 5.04. The average Bonchev–Trinajstić information content (AvgIpc) is 3.61. The Balaban J connectivity index is 1.52. The molecule has 0 aliphatic carbocycles. The highest BCUT2D eigenvalue weighted by Crippen LogP contribution is 2.43. The van der Waals surface area contributed by atoms with E-state index < -0.39 is 11.9 Å². The summed E-state index contributed by atoms with van der Waals surface area (Å²) < 4.78 is 25.7. The predicted octanol–water partition coefficient (Wildman–Crippen LogP) is 7.38. The SMILES string of the molecule is CCCCn1ncc(C=C2Oc3cc(CCC(=O)O)c(OC)cc3O2)c1-c1cc(Cl)c(C)cc1OCc1ccccc1C(=O)O. The minimum Gasteiger partial charge on any atom is -0.496 e. The maximum Gasteiger partial charge on any atom is 0.336 e. The molecule has 0 amide bonds. The molecule has 0 spiro atoms. The van der Waals surface area contributed by atoms with Gasteiger partial charge in [0.15, 0.2) is 11.5 Å². The number of rotatable bonds is 13. The summed E-state index contributed by atoms with van der Waals surface area (Å²) in [7, 11) is 1.52. The third kappa shape index (κ3) is 7.07. The number of nitrogens with zero attached hydrogens (tertiary/aromatic N) is 2. The first-order valence-electron chi connectivity index (χ1n) is 14.5. The van der Waals surface area contributed by atoms with Crippen LogP contribution in [0.1, 0.15) is 58.8 Å². The van der Waals surface area contributed by atoms with Gasteiger partial charge in [-0.3, -0.25) is 9.48 Å². The second-order valence-corrected chi connectivity index (χ2v) is 11.0. The van der Waals surface area contributed by atoms with E-state index in [0.717, 1.165) is 24.1 Å². The molecule has 5 rings (SSSR count). The highest BCUT2D eigenvalue weighted by atomic mass is 35.5. The van der Waals surface area contributed by atoms with Gasteiger partial charge in [-0.25, -0.2) is 4.79 Å². The number of unbranched alkanes of at least 4 members (excludes halogenated alkanes) is 1. The molecule has 0 radical (unpaired) electrons. The molecule has 1 aliphatic rings. The topological polar surface area (TPSA) is 129 Å². The normalized spacial score (nSPS) is 12.8. The van der Waals surface area contributed by atoms with Crippen LogP contribution in [0.5, 0.6) is 23.0 Å². The van der Waals surface area contributed by atoms with E-state index in [2.05, 4.69) is 12.0 Å². The third-order valence-corrected chi connectivity index (χ3v) is 7.79. The number of methoxy groups -OCH3 is 1. The van der Waals surface area contributed by atoms with Crippen molar-refractivity contribution >= 4 is 29.6 Å². The molecule has 0 atom stereocenters. The van der Waals surface area contributed by atoms with E-state index in [4.69, 9.17) is 35.7 Å². The lowest BCUT2D eigenvalue weighted by molar-refractivity contribution is -0.136. The maximum atomic E-state index is 11.8. The standard InChI is InChI=1S/C34H33ClN2O8/c1-4-5-12-37-33(25-16-26(35)20(2)13-28(25)43-19-22-8-6-7-9-24(22)34(40)41)23(18-36-37)15-32-44-29-14-21(10-11-31(38)39)27(42-3)17-30(29)45-32/h6-9,13-18H,4-5,10-12,19H2,1-3H3,(H,38,39)(H,40,41). The van der Waals surface area contributed by atoms with E-state index in [1.165, 1.54) is 7.11 Å². The van der Waals surface area contributed by atoms with E-state index >= 15 is 0 Å². The summed E-state index contributed by atoms with van der Waals surface area (Å²) in [5.41, 5.74) is 4.27. The van der Waals surface area contributed by atoms with Crippen molar-refractivity contribution < 1.29 is 38.7 Å². The molecule has 2 N–H and O–H groups in total. The molecule has 10 nitrogen and oxygen atoms in total. The predicted molar refractivity (Wildman–Crippen MR) is 168 cm³/mol. The summed E-state index contributed by atoms with van der Waals surface area (Å²) >= 11 is 6.64. The third-order valence-electron chi connectivity index (χ3n) is 7.39. The van der Waals surface area contributed by atoms with Gasteiger partial charge >= 0.3 is 11.9 Å². The van der Waals surface area contributed by atoms with Crippen LogP contribution in [-0.2, 0) is 24.4 Å². The van der Waals surface area contributed by atoms with Crippen LogP contribution in [0.4, 0.5) is 0 Å². The van der Waals surface area contributed by atoms with Gasteiger partial charge in [0.25, 0.3) is 5.95 Å². The number of ether oxygens (including phenoxy) is 4. The molecule has 234 valence electrons. The molecule has 2 heterocycles. The highest BCUT2D eigenvalue weighted by Gasteiger charge is 2.25. The Morgan fingerprint density at radius 1 is 1.04 bits per heavy atom. The van der Waals surface area contributed by atoms with Crippen molar-refractivity contribution in [3.8, 4) is 34.3 Å². The fourth-order valence-corrected chi connectivity index (χ4v) is 5.20. The zero-order valence-electron chi connectivity index (χ0n) is 25.1. The Kier molecular flexibility index (Phi) is 9.63. The summed E-state index contributed by atoms with van der Waals surface area (Å²) in [6.45, 7) is 4.63. The number of carbonyl (C=O) groups is 2. The smallest absolute Gasteiger partial charge is 0.336 e. The molecular weight excluding hydrogens is 600 g/mol. The Morgan fingerprint density at radius 3 is 2.51 bits per heavy atom. The van der Waals surface area contributed by atoms with Crippen LogP contribution in [-0.4, -0.2) is 39.0 Å². The van der Waals surface area contributed by atoms with Gasteiger partial charge < -0.3 is 29.2 Å². The zero-order valence-corrected chi connectivity index (χ0v) is 25.9. The van der Waals surface area contributed by atoms with Gasteiger partial charge in [-0.1, -0.05) is 43.1 Å². The van der Waals surface area contributed by atoms with Gasteiger partial charge in [0.05, 0.1) is 24.6 Å². The highest BCUT2D eigenvalue weighted by molar-refractivity contribution is 6.31. The second kappa shape index (κ2) is 13.8. The lowest BCUT2D eigenvalue weighted by atomic mass is 10.0. The Morgan fingerprint density at radius 2 is 1.80 bits per heavy atom. The van der Waals surface area contributed by atoms with E-state index in [9.17, 15) is 14.7 Å². The zero-order chi connectivity index (χ0) is 32.1. The van der Waals surface area contributed by atoms with Gasteiger partial charge in [0, 0.05) is 46.8 Å². The second-order valence-electron chi connectivity index (χ2n) is 10.5. The van der Waals surface area contributed by atoms with Crippen LogP contribution < -0.4 is 18.9 Å². The number of aromatic carboxylic acids is 1. The molecule has 11 heteroatoms. The summed E-state index contributed by atoms with van der Waals surface area (Å²) in [6, 6.07) is 13.8. The van der Waals surface area contributed by atoms with Crippen molar-refractivity contribution in [2.24, 2.45) is 0 Å². The monoisotopic (exact) mass is 632 g/mol. The van der Waals surface area contributed by atoms with Crippen LogP contribution in [0.2, 0.25) is 5.02 Å². The van der Waals surface area contributed by atoms with Crippen LogP contribution in [0.3, 0.4) is 0 Å². The number of carboxylic acid groups (broad SMARTS) is 2. The Hall–Kier alpha value is -4.96. The molecule has 0 saturated heterocycles. The van der Waals surface area contributed by atoms with E-state index in [1.807, 2.05) is 23.7 Å². The number of fused-ring (bicyclic) bond motifs is 1. The van der Waals surface area contributed by atoms with E-state index in [-0.39, 0.29) is 31.0 Å². The van der Waals surface area contributed by atoms with Gasteiger partial charge in [-0.15, -0.1) is 0 Å². The minimum absolute atomic E-state index is 0.0314. The molecule has 0 bridgehead atoms. The summed E-state index contributed by atoms with van der Waals surface area (Å²) in [5.74, 6) is 0.173. The molecule has 0 unspecified atom stereocenters. The van der Waals surface area contributed by atoms with E-state index in [1.54, 1.807) is 48.7 Å². The lowest BCUT2D eigenvalue weighted by Crippen LogP contribution is -2.07. The van der Waals surface area contributed by atoms with Crippen molar-refractivity contribution in [3.63, 3.8) is 0 Å². The number of aliphatic carboxylic acids is 1. The lowest BCUT2D eigenvalue weighted by Gasteiger charge is -2.17. The van der Waals surface area contributed by atoms with Crippen LogP contribution in [0.25, 0.3) is 17.3 Å². The van der Waals surface area contributed by atoms with Crippen molar-refractivity contribution in [1.29, 1.82) is 0 Å². The number of benzene rings is 3. The van der Waals surface area contributed by atoms with Crippen LogP contribution in [0, 0.1) is 6.92 Å². The number of hydrogen-bond donors (Lipinski definition) is 2. The first kappa shape index (κ1) is 31.5. The van der Waals surface area contributed by atoms with Gasteiger partial charge in [0.1, 0.15) is 18.1 Å². The maximum absolute atomic E-state index is 11.8. The summed E-state index contributed by atoms with van der Waals surface area (Å²) in [5, 5.41) is 24.0. The molecule has 0 fully saturated rings. The number of halogens is 1. The summed E-state index contributed by atoms with van der Waals surface area (Å²) in [6.07, 6.45) is 5.49. The molecule has 45 heavy (non-hydrogen) atoms. The molecule has 4 aromatic rings. The minimum atomic E-state index is -1.03. The Bertz CT molecular complexity index is 1780. The largest absolute Gasteiger partial charge is 0.496 e. The van der Waals surface area contributed by atoms with Gasteiger partial charge in [-0.05, 0) is 55.2 Å². The number of carboxylic acids is 2. The molecule has 3 aromatic carbocycles. The first-order chi connectivity index (χ1) is 21.7. The van der Waals surface area contributed by atoms with Crippen molar-refractivity contribution in [2.75, 3.05) is 7.11 Å². The quantitative estimate of drug-likeness (QED) is 0.155. The van der Waals surface area contributed by atoms with Crippen molar-refractivity contribution in [1.82, 2.24) is 9.78 Å². The van der Waals surface area contributed by atoms with Crippen molar-refractivity contribution in [3.05, 3.63) is 93.5 Å². The van der Waals surface area contributed by atoms with Gasteiger partial charge in [0.2, 0.25) is 0 Å². The molecule has 1 aromatic heterocycles. The number of aromatic nitrogens is 2. The first-order valence-corrected chi connectivity index (χ1v) is 14.9. The van der Waals surface area contributed by atoms with E-state index in [0.29, 0.717) is 56.8 Å². The fraction of sp³-hybridized carbons (Fsp3) is 0.265. The summed E-state index contributed by atoms with van der Waals surface area (Å²) in [4.78, 5) is 22.9. The molecule has 1 aliphatic heterocycles. The Labute approximate surface area is 265 Å². The number of hydrogen-bond acceptors (Lipinski definition) is 7. The van der Waals surface area contributed by atoms with Crippen LogP contribution in [0.15, 0.2) is 60.7 Å². The van der Waals surface area contributed by atoms with Gasteiger partial charge in [-0.2, -0.15) is 5.10 Å². The van der Waals surface area contributed by atoms with Crippen molar-refractivity contribution in [2.45, 2.75) is 52.7 Å². The molecular formula is C34H33ClN2O8. The molecule has 0 saturated carbocycles. The number of aryl methyl sites for hydroxylation is 3. The van der Waals surface area contributed by atoms with Crippen LogP contribution >= 0.6 is 11.6 Å².